The van der Waals surface area contributed by atoms with E-state index in [1.54, 1.807) is 0 Å². The second-order valence-corrected chi connectivity index (χ2v) is 9.49. The van der Waals surface area contributed by atoms with Gasteiger partial charge in [0.1, 0.15) is 5.75 Å². The first-order valence-corrected chi connectivity index (χ1v) is 11.4. The Labute approximate surface area is 194 Å². The lowest BCUT2D eigenvalue weighted by Crippen LogP contribution is -2.31. The Balaban J connectivity index is 1.89. The molecule has 4 aromatic rings. The molecule has 1 aliphatic heterocycles. The van der Waals surface area contributed by atoms with Gasteiger partial charge in [-0.2, -0.15) is 13.2 Å². The molecule has 2 nitrogen and oxygen atoms in total. The third-order valence-corrected chi connectivity index (χ3v) is 7.17. The molecule has 0 saturated carbocycles. The molecule has 0 aliphatic carbocycles. The van der Waals surface area contributed by atoms with Crippen molar-refractivity contribution in [3.8, 4) is 16.2 Å². The number of thiophene rings is 1. The second-order valence-electron chi connectivity index (χ2n) is 8.54. The summed E-state index contributed by atoms with van der Waals surface area (Å²) in [7, 11) is 1.42. The summed E-state index contributed by atoms with van der Waals surface area (Å²) >= 11 is 1.41. The smallest absolute Gasteiger partial charge is 0.416 e. The van der Waals surface area contributed by atoms with E-state index < -0.39 is 11.7 Å². The van der Waals surface area contributed by atoms with Crippen molar-refractivity contribution in [1.82, 2.24) is 0 Å². The van der Waals surface area contributed by atoms with Crippen molar-refractivity contribution in [3.05, 3.63) is 94.9 Å². The number of methoxy groups -OCH3 is 1. The molecule has 33 heavy (non-hydrogen) atoms. The highest BCUT2D eigenvalue weighted by Gasteiger charge is 2.39. The Kier molecular flexibility index (Phi) is 5.01. The van der Waals surface area contributed by atoms with Crippen molar-refractivity contribution in [2.75, 3.05) is 12.0 Å². The molecule has 0 fully saturated rings. The van der Waals surface area contributed by atoms with Gasteiger partial charge in [-0.3, -0.25) is 0 Å². The van der Waals surface area contributed by atoms with Crippen molar-refractivity contribution in [2.45, 2.75) is 25.4 Å². The summed E-state index contributed by atoms with van der Waals surface area (Å²) in [6, 6.07) is 22.1. The Hall–Kier alpha value is -3.25. The molecule has 0 spiro atoms. The van der Waals surface area contributed by atoms with Gasteiger partial charge in [0.2, 0.25) is 0 Å². The number of anilines is 3. The van der Waals surface area contributed by atoms with Crippen molar-refractivity contribution >= 4 is 28.4 Å². The van der Waals surface area contributed by atoms with Crippen molar-refractivity contribution in [2.24, 2.45) is 0 Å². The molecule has 0 bridgehead atoms. The molecule has 3 aromatic carbocycles. The first kappa shape index (κ1) is 21.6. The van der Waals surface area contributed by atoms with Crippen molar-refractivity contribution in [1.29, 1.82) is 0 Å². The van der Waals surface area contributed by atoms with Crippen LogP contribution >= 0.6 is 11.3 Å². The van der Waals surface area contributed by atoms with Gasteiger partial charge < -0.3 is 9.64 Å². The summed E-state index contributed by atoms with van der Waals surface area (Å²) in [6.45, 7) is 4.35. The Bertz CT molecular complexity index is 1280. The lowest BCUT2D eigenvalue weighted by Gasteiger charge is -2.42. The SMILES string of the molecule is COc1cc(C(F)(F)F)cc(-c2cccs2)c1N1c2ccccc2C(C)(C)c2ccccc21. The molecule has 2 heterocycles. The van der Waals surface area contributed by atoms with Gasteiger partial charge in [-0.15, -0.1) is 11.3 Å². The monoisotopic (exact) mass is 465 g/mol. The molecule has 0 saturated heterocycles. The number of hydrogen-bond acceptors (Lipinski definition) is 3. The van der Waals surface area contributed by atoms with Gasteiger partial charge in [0, 0.05) is 15.9 Å². The third kappa shape index (κ3) is 3.40. The number of ether oxygens (including phenoxy) is 1. The van der Waals surface area contributed by atoms with Crippen LogP contribution in [0.3, 0.4) is 0 Å². The Morgan fingerprint density at radius 1 is 0.848 bits per heavy atom. The average molecular weight is 466 g/mol. The van der Waals surface area contributed by atoms with E-state index in [2.05, 4.69) is 26.0 Å². The second kappa shape index (κ2) is 7.66. The zero-order chi connectivity index (χ0) is 23.4. The van der Waals surface area contributed by atoms with Crippen LogP contribution in [0.1, 0.15) is 30.5 Å². The zero-order valence-electron chi connectivity index (χ0n) is 18.4. The van der Waals surface area contributed by atoms with Gasteiger partial charge in [-0.05, 0) is 46.8 Å². The summed E-state index contributed by atoms with van der Waals surface area (Å²) < 4.78 is 47.1. The molecule has 1 aliphatic rings. The van der Waals surface area contributed by atoms with E-state index in [0.717, 1.165) is 33.4 Å². The zero-order valence-corrected chi connectivity index (χ0v) is 19.2. The van der Waals surface area contributed by atoms with Crippen LogP contribution in [0.25, 0.3) is 10.4 Å². The summed E-state index contributed by atoms with van der Waals surface area (Å²) in [6.07, 6.45) is -4.49. The van der Waals surface area contributed by atoms with Crippen LogP contribution < -0.4 is 9.64 Å². The minimum absolute atomic E-state index is 0.178. The molecule has 0 atom stereocenters. The van der Waals surface area contributed by atoms with E-state index in [0.29, 0.717) is 11.3 Å². The van der Waals surface area contributed by atoms with Crippen LogP contribution in [0.2, 0.25) is 0 Å². The standard InChI is InChI=1S/C27H22F3NOS/c1-26(2)19-9-4-6-11-21(19)31(22-12-7-5-10-20(22)26)25-18(24-13-8-14-33-24)15-17(27(28,29)30)16-23(25)32-3/h4-16H,1-3H3. The molecule has 6 heteroatoms. The lowest BCUT2D eigenvalue weighted by atomic mass is 9.73. The molecular formula is C27H22F3NOS. The summed E-state index contributed by atoms with van der Waals surface area (Å²) in [5, 5.41) is 1.87. The molecule has 0 unspecified atom stereocenters. The van der Waals surface area contributed by atoms with Crippen LogP contribution in [-0.2, 0) is 11.6 Å². The van der Waals surface area contributed by atoms with Gasteiger partial charge >= 0.3 is 6.18 Å². The highest BCUT2D eigenvalue weighted by atomic mass is 32.1. The van der Waals surface area contributed by atoms with E-state index in [-0.39, 0.29) is 11.2 Å². The van der Waals surface area contributed by atoms with Crippen molar-refractivity contribution < 1.29 is 17.9 Å². The van der Waals surface area contributed by atoms with E-state index in [9.17, 15) is 13.2 Å². The highest BCUT2D eigenvalue weighted by molar-refractivity contribution is 7.13. The van der Waals surface area contributed by atoms with Gasteiger partial charge in [0.05, 0.1) is 29.7 Å². The average Bonchev–Trinajstić information content (AvgIpc) is 3.33. The lowest BCUT2D eigenvalue weighted by molar-refractivity contribution is -0.137. The fourth-order valence-corrected chi connectivity index (χ4v) is 5.43. The first-order valence-electron chi connectivity index (χ1n) is 10.6. The number of nitrogens with zero attached hydrogens (tertiary/aromatic N) is 1. The number of para-hydroxylation sites is 2. The van der Waals surface area contributed by atoms with E-state index in [1.165, 1.54) is 24.5 Å². The molecular weight excluding hydrogens is 443 g/mol. The Morgan fingerprint density at radius 3 is 1.97 bits per heavy atom. The number of halogens is 3. The minimum Gasteiger partial charge on any atom is -0.495 e. The van der Waals surface area contributed by atoms with Gasteiger partial charge in [0.15, 0.2) is 0 Å². The van der Waals surface area contributed by atoms with Crippen LogP contribution in [-0.4, -0.2) is 7.11 Å². The molecule has 0 amide bonds. The Morgan fingerprint density at radius 2 is 1.45 bits per heavy atom. The number of fused-ring (bicyclic) bond motifs is 2. The quantitative estimate of drug-likeness (QED) is 0.300. The van der Waals surface area contributed by atoms with Crippen LogP contribution in [0.4, 0.5) is 30.2 Å². The molecule has 1 aromatic heterocycles. The van der Waals surface area contributed by atoms with Crippen LogP contribution in [0.5, 0.6) is 5.75 Å². The summed E-state index contributed by atoms with van der Waals surface area (Å²) in [4.78, 5) is 2.79. The van der Waals surface area contributed by atoms with E-state index in [4.69, 9.17) is 4.74 Å². The predicted octanol–water partition coefficient (Wildman–Crippen LogP) is 8.55. The third-order valence-electron chi connectivity index (χ3n) is 6.27. The molecule has 168 valence electrons. The fraction of sp³-hybridized carbons (Fsp3) is 0.185. The van der Waals surface area contributed by atoms with Crippen LogP contribution in [0.15, 0.2) is 78.2 Å². The normalized spacial score (nSPS) is 14.5. The highest BCUT2D eigenvalue weighted by Crippen LogP contribution is 2.56. The van der Waals surface area contributed by atoms with Crippen LogP contribution in [0, 0.1) is 0 Å². The maximum atomic E-state index is 13.8. The van der Waals surface area contributed by atoms with Gasteiger partial charge in [-0.25, -0.2) is 0 Å². The van der Waals surface area contributed by atoms with E-state index >= 15 is 0 Å². The summed E-state index contributed by atoms with van der Waals surface area (Å²) in [5.41, 5.74) is 4.14. The topological polar surface area (TPSA) is 12.5 Å². The maximum Gasteiger partial charge on any atom is 0.416 e. The first-order chi connectivity index (χ1) is 15.7. The number of alkyl halides is 3. The number of hydrogen-bond donors (Lipinski definition) is 0. The largest absolute Gasteiger partial charge is 0.495 e. The number of benzene rings is 3. The van der Waals surface area contributed by atoms with Gasteiger partial charge in [0.25, 0.3) is 0 Å². The fourth-order valence-electron chi connectivity index (χ4n) is 4.69. The number of rotatable bonds is 3. The van der Waals surface area contributed by atoms with Crippen molar-refractivity contribution in [3.63, 3.8) is 0 Å². The maximum absolute atomic E-state index is 13.8. The minimum atomic E-state index is -4.49. The van der Waals surface area contributed by atoms with Gasteiger partial charge in [-0.1, -0.05) is 56.3 Å². The predicted molar refractivity (Wildman–Crippen MR) is 128 cm³/mol. The molecule has 0 radical (unpaired) electrons. The molecule has 5 rings (SSSR count). The van der Waals surface area contributed by atoms with E-state index in [1.807, 2.05) is 58.8 Å². The summed E-state index contributed by atoms with van der Waals surface area (Å²) in [5.74, 6) is 0.178. The molecule has 0 N–H and O–H groups in total.